The number of amides is 1. The van der Waals surface area contributed by atoms with Gasteiger partial charge >= 0.3 is 0 Å². The molecule has 0 unspecified atom stereocenters. The molecule has 1 saturated heterocycles. The maximum atomic E-state index is 13.1. The van der Waals surface area contributed by atoms with E-state index in [0.29, 0.717) is 30.7 Å². The SMILES string of the molecule is Cc1ccc(C)c(N2CCN(C(=O)c3ccc(S(=O)(=O)c4ccc(Br)cc4)c([N+](=O)[O-])c3)CC2)c1. The summed E-state index contributed by atoms with van der Waals surface area (Å²) in [5.41, 5.74) is 2.93. The number of hydrogen-bond acceptors (Lipinski definition) is 6. The van der Waals surface area contributed by atoms with Crippen LogP contribution in [-0.4, -0.2) is 50.3 Å². The minimum atomic E-state index is -4.14. The van der Waals surface area contributed by atoms with Gasteiger partial charge in [-0.05, 0) is 67.4 Å². The van der Waals surface area contributed by atoms with Crippen molar-refractivity contribution in [1.29, 1.82) is 0 Å². The summed E-state index contributed by atoms with van der Waals surface area (Å²) in [6, 6.07) is 15.7. The van der Waals surface area contributed by atoms with Gasteiger partial charge in [0.15, 0.2) is 0 Å². The van der Waals surface area contributed by atoms with Gasteiger partial charge in [0.1, 0.15) is 4.90 Å². The van der Waals surface area contributed by atoms with Crippen molar-refractivity contribution in [3.05, 3.63) is 91.9 Å². The summed E-state index contributed by atoms with van der Waals surface area (Å²) in [6.45, 7) is 6.27. The monoisotopic (exact) mass is 557 g/mol. The number of carbonyl (C=O) groups is 1. The summed E-state index contributed by atoms with van der Waals surface area (Å²) in [4.78, 5) is 27.5. The van der Waals surface area contributed by atoms with Crippen LogP contribution in [0.2, 0.25) is 0 Å². The molecule has 35 heavy (non-hydrogen) atoms. The van der Waals surface area contributed by atoms with E-state index in [1.54, 1.807) is 17.0 Å². The van der Waals surface area contributed by atoms with Crippen molar-refractivity contribution in [2.24, 2.45) is 0 Å². The fourth-order valence-electron chi connectivity index (χ4n) is 4.15. The molecule has 10 heteroatoms. The van der Waals surface area contributed by atoms with Gasteiger partial charge in [0.25, 0.3) is 11.6 Å². The normalized spacial score (nSPS) is 14.1. The Morgan fingerprint density at radius 2 is 1.60 bits per heavy atom. The molecule has 3 aromatic rings. The van der Waals surface area contributed by atoms with Gasteiger partial charge in [-0.15, -0.1) is 0 Å². The Morgan fingerprint density at radius 1 is 0.943 bits per heavy atom. The largest absolute Gasteiger partial charge is 0.368 e. The van der Waals surface area contributed by atoms with Crippen LogP contribution in [0.5, 0.6) is 0 Å². The Hall–Kier alpha value is -3.24. The lowest BCUT2D eigenvalue weighted by Gasteiger charge is -2.37. The zero-order valence-electron chi connectivity index (χ0n) is 19.3. The zero-order valence-corrected chi connectivity index (χ0v) is 21.7. The van der Waals surface area contributed by atoms with E-state index in [9.17, 15) is 23.3 Å². The number of rotatable bonds is 5. The number of nitro benzene ring substituents is 1. The highest BCUT2D eigenvalue weighted by Crippen LogP contribution is 2.31. The lowest BCUT2D eigenvalue weighted by molar-refractivity contribution is -0.387. The third kappa shape index (κ3) is 5.08. The van der Waals surface area contributed by atoms with Crippen LogP contribution < -0.4 is 4.90 Å². The molecule has 0 saturated carbocycles. The molecule has 0 aromatic heterocycles. The number of hydrogen-bond donors (Lipinski definition) is 0. The van der Waals surface area contributed by atoms with Gasteiger partial charge in [-0.25, -0.2) is 8.42 Å². The van der Waals surface area contributed by atoms with Crippen LogP contribution in [0.15, 0.2) is 74.9 Å². The fraction of sp³-hybridized carbons (Fsp3) is 0.240. The quantitative estimate of drug-likeness (QED) is 0.331. The van der Waals surface area contributed by atoms with Crippen molar-refractivity contribution in [2.75, 3.05) is 31.1 Å². The first-order chi connectivity index (χ1) is 16.6. The van der Waals surface area contributed by atoms with Gasteiger partial charge in [0.05, 0.1) is 9.82 Å². The first kappa shape index (κ1) is 24.9. The van der Waals surface area contributed by atoms with Crippen LogP contribution in [0.1, 0.15) is 21.5 Å². The van der Waals surface area contributed by atoms with Crippen LogP contribution in [0, 0.1) is 24.0 Å². The number of sulfone groups is 1. The summed E-state index contributed by atoms with van der Waals surface area (Å²) in [6.07, 6.45) is 0. The van der Waals surface area contributed by atoms with E-state index in [-0.39, 0.29) is 16.4 Å². The standard InChI is InChI=1S/C25H24BrN3O5S/c1-17-3-4-18(2)22(15-17)27-11-13-28(14-12-27)25(30)19-5-10-24(23(16-19)29(31)32)35(33,34)21-8-6-20(26)7-9-21/h3-10,15-16H,11-14H2,1-2H3. The zero-order chi connectivity index (χ0) is 25.3. The fourth-order valence-corrected chi connectivity index (χ4v) is 5.82. The molecule has 1 amide bonds. The summed E-state index contributed by atoms with van der Waals surface area (Å²) in [7, 11) is -4.14. The maximum Gasteiger partial charge on any atom is 0.289 e. The van der Waals surface area contributed by atoms with E-state index >= 15 is 0 Å². The van der Waals surface area contributed by atoms with Crippen LogP contribution in [0.25, 0.3) is 0 Å². The molecule has 8 nitrogen and oxygen atoms in total. The van der Waals surface area contributed by atoms with Crippen molar-refractivity contribution in [3.8, 4) is 0 Å². The molecule has 1 aliphatic rings. The molecule has 4 rings (SSSR count). The lowest BCUT2D eigenvalue weighted by atomic mass is 10.1. The van der Waals surface area contributed by atoms with Crippen molar-refractivity contribution in [1.82, 2.24) is 4.90 Å². The van der Waals surface area contributed by atoms with Crippen LogP contribution >= 0.6 is 15.9 Å². The van der Waals surface area contributed by atoms with E-state index < -0.39 is 25.3 Å². The second-order valence-corrected chi connectivity index (χ2v) is 11.3. The number of halogens is 1. The minimum Gasteiger partial charge on any atom is -0.368 e. The molecule has 0 atom stereocenters. The van der Waals surface area contributed by atoms with Crippen molar-refractivity contribution in [3.63, 3.8) is 0 Å². The highest BCUT2D eigenvalue weighted by atomic mass is 79.9. The van der Waals surface area contributed by atoms with Crippen LogP contribution in [0.3, 0.4) is 0 Å². The number of nitrogens with zero attached hydrogens (tertiary/aromatic N) is 3. The van der Waals surface area contributed by atoms with E-state index in [2.05, 4.69) is 46.0 Å². The van der Waals surface area contributed by atoms with Gasteiger partial charge in [0.2, 0.25) is 9.84 Å². The minimum absolute atomic E-state index is 0.0644. The number of carbonyl (C=O) groups excluding carboxylic acids is 1. The predicted molar refractivity (Wildman–Crippen MR) is 137 cm³/mol. The summed E-state index contributed by atoms with van der Waals surface area (Å²) in [5, 5.41) is 11.8. The molecular formula is C25H24BrN3O5S. The van der Waals surface area contributed by atoms with Gasteiger partial charge in [-0.2, -0.15) is 0 Å². The van der Waals surface area contributed by atoms with Crippen molar-refractivity contribution in [2.45, 2.75) is 23.6 Å². The third-order valence-corrected chi connectivity index (χ3v) is 8.43. The molecule has 0 bridgehead atoms. The number of benzene rings is 3. The number of aryl methyl sites for hydroxylation is 2. The Bertz CT molecular complexity index is 1400. The van der Waals surface area contributed by atoms with Gasteiger partial charge < -0.3 is 9.80 Å². The maximum absolute atomic E-state index is 13.1. The topological polar surface area (TPSA) is 101 Å². The molecule has 0 N–H and O–H groups in total. The smallest absolute Gasteiger partial charge is 0.289 e. The Labute approximate surface area is 212 Å². The molecule has 1 heterocycles. The first-order valence-corrected chi connectivity index (χ1v) is 13.3. The number of anilines is 1. The highest BCUT2D eigenvalue weighted by Gasteiger charge is 2.30. The average molecular weight is 558 g/mol. The lowest BCUT2D eigenvalue weighted by Crippen LogP contribution is -2.49. The molecular weight excluding hydrogens is 534 g/mol. The Balaban J connectivity index is 1.56. The second kappa shape index (κ2) is 9.79. The average Bonchev–Trinajstić information content (AvgIpc) is 2.85. The van der Waals surface area contributed by atoms with Gasteiger partial charge in [0, 0.05) is 48.0 Å². The molecule has 0 aliphatic carbocycles. The highest BCUT2D eigenvalue weighted by molar-refractivity contribution is 9.10. The van der Waals surface area contributed by atoms with E-state index in [1.165, 1.54) is 18.2 Å². The Kier molecular flexibility index (Phi) is 6.95. The Morgan fingerprint density at radius 3 is 2.23 bits per heavy atom. The van der Waals surface area contributed by atoms with Crippen LogP contribution in [-0.2, 0) is 9.84 Å². The molecule has 182 valence electrons. The van der Waals surface area contributed by atoms with Gasteiger partial charge in [-0.1, -0.05) is 28.1 Å². The second-order valence-electron chi connectivity index (χ2n) is 8.47. The summed E-state index contributed by atoms with van der Waals surface area (Å²) >= 11 is 3.24. The molecule has 0 radical (unpaired) electrons. The van der Waals surface area contributed by atoms with Crippen molar-refractivity contribution >= 4 is 43.0 Å². The third-order valence-electron chi connectivity index (χ3n) is 6.09. The van der Waals surface area contributed by atoms with Crippen molar-refractivity contribution < 1.29 is 18.1 Å². The summed E-state index contributed by atoms with van der Waals surface area (Å²) in [5.74, 6) is -0.360. The van der Waals surface area contributed by atoms with E-state index in [1.807, 2.05) is 6.92 Å². The number of piperazine rings is 1. The molecule has 0 spiro atoms. The predicted octanol–water partition coefficient (Wildman–Crippen LogP) is 4.77. The number of nitro groups is 1. The molecule has 1 aliphatic heterocycles. The molecule has 3 aromatic carbocycles. The first-order valence-electron chi connectivity index (χ1n) is 11.0. The summed E-state index contributed by atoms with van der Waals surface area (Å²) < 4.78 is 26.8. The van der Waals surface area contributed by atoms with Gasteiger partial charge in [-0.3, -0.25) is 14.9 Å². The van der Waals surface area contributed by atoms with Crippen LogP contribution in [0.4, 0.5) is 11.4 Å². The molecule has 1 fully saturated rings. The van der Waals surface area contributed by atoms with E-state index in [0.717, 1.165) is 28.9 Å². The van der Waals surface area contributed by atoms with E-state index in [4.69, 9.17) is 0 Å².